The predicted octanol–water partition coefficient (Wildman–Crippen LogP) is 2.11. The lowest BCUT2D eigenvalue weighted by molar-refractivity contribution is 0.122. The molecule has 1 aromatic carbocycles. The molecule has 2 heterocycles. The lowest BCUT2D eigenvalue weighted by atomic mass is 10.2. The van der Waals surface area contributed by atoms with E-state index < -0.39 is 0 Å². The first-order chi connectivity index (χ1) is 10.3. The van der Waals surface area contributed by atoms with Crippen LogP contribution in [0.15, 0.2) is 42.7 Å². The van der Waals surface area contributed by atoms with E-state index in [9.17, 15) is 0 Å². The molecular formula is C16H20N4O. The van der Waals surface area contributed by atoms with Crippen LogP contribution in [-0.4, -0.2) is 31.3 Å². The largest absolute Gasteiger partial charge is 0.397 e. The second-order valence-electron chi connectivity index (χ2n) is 5.09. The fraction of sp³-hybridized carbons (Fsp3) is 0.312. The quantitative estimate of drug-likeness (QED) is 0.842. The highest BCUT2D eigenvalue weighted by Crippen LogP contribution is 2.26. The van der Waals surface area contributed by atoms with Gasteiger partial charge in [0.15, 0.2) is 0 Å². The Balaban J connectivity index is 1.72. The van der Waals surface area contributed by atoms with Gasteiger partial charge < -0.3 is 20.7 Å². The fourth-order valence-electron chi connectivity index (χ4n) is 2.42. The van der Waals surface area contributed by atoms with Crippen LogP contribution in [0.3, 0.4) is 0 Å². The standard InChI is InChI=1S/C16H20N4O/c17-15-4-3-14(20-6-8-21-9-7-20)10-16(15)19-12-13-2-1-5-18-11-13/h1-5,10-11,19H,6-9,12,17H2. The van der Waals surface area contributed by atoms with Crippen molar-refractivity contribution in [2.45, 2.75) is 6.54 Å². The summed E-state index contributed by atoms with van der Waals surface area (Å²) in [5.41, 5.74) is 10.1. The molecule has 0 saturated carbocycles. The van der Waals surface area contributed by atoms with Gasteiger partial charge in [0.2, 0.25) is 0 Å². The molecule has 0 radical (unpaired) electrons. The molecule has 21 heavy (non-hydrogen) atoms. The first-order valence-electron chi connectivity index (χ1n) is 7.18. The van der Waals surface area contributed by atoms with Gasteiger partial charge in [0, 0.05) is 37.7 Å². The first kappa shape index (κ1) is 13.7. The van der Waals surface area contributed by atoms with Crippen LogP contribution in [0.4, 0.5) is 17.1 Å². The van der Waals surface area contributed by atoms with E-state index in [2.05, 4.69) is 27.3 Å². The van der Waals surface area contributed by atoms with Crippen molar-refractivity contribution in [3.05, 3.63) is 48.3 Å². The molecule has 1 aromatic heterocycles. The molecule has 3 rings (SSSR count). The number of aromatic nitrogens is 1. The third kappa shape index (κ3) is 3.44. The Kier molecular flexibility index (Phi) is 4.21. The zero-order valence-electron chi connectivity index (χ0n) is 12.0. The first-order valence-corrected chi connectivity index (χ1v) is 7.18. The van der Waals surface area contributed by atoms with Gasteiger partial charge in [0.05, 0.1) is 24.6 Å². The Hall–Kier alpha value is -2.27. The normalized spacial score (nSPS) is 15.0. The minimum Gasteiger partial charge on any atom is -0.397 e. The number of nitrogens with zero attached hydrogens (tertiary/aromatic N) is 2. The lowest BCUT2D eigenvalue weighted by Gasteiger charge is -2.29. The van der Waals surface area contributed by atoms with Gasteiger partial charge in [-0.25, -0.2) is 0 Å². The van der Waals surface area contributed by atoms with Crippen molar-refractivity contribution < 1.29 is 4.74 Å². The summed E-state index contributed by atoms with van der Waals surface area (Å²) in [5, 5.41) is 3.39. The molecule has 2 aromatic rings. The van der Waals surface area contributed by atoms with Crippen molar-refractivity contribution in [3.8, 4) is 0 Å². The second-order valence-corrected chi connectivity index (χ2v) is 5.09. The van der Waals surface area contributed by atoms with Gasteiger partial charge >= 0.3 is 0 Å². The molecule has 1 saturated heterocycles. The van der Waals surface area contributed by atoms with Gasteiger partial charge in [-0.1, -0.05) is 6.07 Å². The number of nitrogens with two attached hydrogens (primary N) is 1. The highest BCUT2D eigenvalue weighted by atomic mass is 16.5. The van der Waals surface area contributed by atoms with Crippen molar-refractivity contribution in [2.75, 3.05) is 42.3 Å². The Labute approximate surface area is 124 Å². The van der Waals surface area contributed by atoms with E-state index in [1.807, 2.05) is 24.4 Å². The van der Waals surface area contributed by atoms with Gasteiger partial charge in [0.25, 0.3) is 0 Å². The highest BCUT2D eigenvalue weighted by Gasteiger charge is 2.12. The zero-order chi connectivity index (χ0) is 14.5. The summed E-state index contributed by atoms with van der Waals surface area (Å²) < 4.78 is 5.39. The van der Waals surface area contributed by atoms with Crippen LogP contribution in [0.2, 0.25) is 0 Å². The maximum atomic E-state index is 6.06. The second kappa shape index (κ2) is 6.45. The van der Waals surface area contributed by atoms with Crippen molar-refractivity contribution in [3.63, 3.8) is 0 Å². The van der Waals surface area contributed by atoms with E-state index in [4.69, 9.17) is 10.5 Å². The monoisotopic (exact) mass is 284 g/mol. The number of hydrogen-bond acceptors (Lipinski definition) is 5. The molecule has 5 heteroatoms. The summed E-state index contributed by atoms with van der Waals surface area (Å²) in [6.45, 7) is 4.12. The molecule has 0 aliphatic carbocycles. The van der Waals surface area contributed by atoms with Crippen LogP contribution in [0.25, 0.3) is 0 Å². The molecule has 1 aliphatic heterocycles. The molecule has 0 unspecified atom stereocenters. The Bertz CT molecular complexity index is 582. The maximum absolute atomic E-state index is 6.06. The van der Waals surface area contributed by atoms with Gasteiger partial charge in [-0.05, 0) is 29.8 Å². The van der Waals surface area contributed by atoms with E-state index in [0.29, 0.717) is 6.54 Å². The Morgan fingerprint density at radius 3 is 2.86 bits per heavy atom. The van der Waals surface area contributed by atoms with Gasteiger partial charge in [-0.2, -0.15) is 0 Å². The molecule has 110 valence electrons. The van der Waals surface area contributed by atoms with Crippen LogP contribution < -0.4 is 16.0 Å². The van der Waals surface area contributed by atoms with E-state index in [0.717, 1.165) is 43.2 Å². The van der Waals surface area contributed by atoms with Crippen molar-refractivity contribution in [1.82, 2.24) is 4.98 Å². The third-order valence-electron chi connectivity index (χ3n) is 3.62. The van der Waals surface area contributed by atoms with Crippen LogP contribution in [0.1, 0.15) is 5.56 Å². The fourth-order valence-corrected chi connectivity index (χ4v) is 2.42. The van der Waals surface area contributed by atoms with Crippen molar-refractivity contribution >= 4 is 17.1 Å². The van der Waals surface area contributed by atoms with Crippen LogP contribution in [0.5, 0.6) is 0 Å². The van der Waals surface area contributed by atoms with E-state index in [1.54, 1.807) is 6.20 Å². The zero-order valence-corrected chi connectivity index (χ0v) is 12.0. The molecule has 5 nitrogen and oxygen atoms in total. The number of hydrogen-bond donors (Lipinski definition) is 2. The SMILES string of the molecule is Nc1ccc(N2CCOCC2)cc1NCc1cccnc1. The number of rotatable bonds is 4. The minimum atomic E-state index is 0.713. The third-order valence-corrected chi connectivity index (χ3v) is 3.62. The van der Waals surface area contributed by atoms with Gasteiger partial charge in [-0.15, -0.1) is 0 Å². The molecule has 0 amide bonds. The number of anilines is 3. The average molecular weight is 284 g/mol. The molecule has 3 N–H and O–H groups in total. The van der Waals surface area contributed by atoms with Gasteiger partial charge in [-0.3, -0.25) is 4.98 Å². The van der Waals surface area contributed by atoms with E-state index in [-0.39, 0.29) is 0 Å². The van der Waals surface area contributed by atoms with E-state index in [1.165, 1.54) is 5.69 Å². The highest BCUT2D eigenvalue weighted by molar-refractivity contribution is 5.72. The van der Waals surface area contributed by atoms with E-state index >= 15 is 0 Å². The molecule has 1 fully saturated rings. The summed E-state index contributed by atoms with van der Waals surface area (Å²) in [7, 11) is 0. The maximum Gasteiger partial charge on any atom is 0.0642 e. The molecule has 0 bridgehead atoms. The molecular weight excluding hydrogens is 264 g/mol. The van der Waals surface area contributed by atoms with Crippen LogP contribution in [0, 0.1) is 0 Å². The topological polar surface area (TPSA) is 63.4 Å². The van der Waals surface area contributed by atoms with Crippen LogP contribution in [-0.2, 0) is 11.3 Å². The van der Waals surface area contributed by atoms with Crippen LogP contribution >= 0.6 is 0 Å². The number of nitrogens with one attached hydrogen (secondary N) is 1. The number of benzene rings is 1. The molecule has 0 spiro atoms. The molecule has 0 atom stereocenters. The molecule has 1 aliphatic rings. The smallest absolute Gasteiger partial charge is 0.0642 e. The Morgan fingerprint density at radius 1 is 1.24 bits per heavy atom. The number of nitrogen functional groups attached to an aromatic ring is 1. The van der Waals surface area contributed by atoms with Gasteiger partial charge in [0.1, 0.15) is 0 Å². The van der Waals surface area contributed by atoms with Crippen molar-refractivity contribution in [2.24, 2.45) is 0 Å². The predicted molar refractivity (Wildman–Crippen MR) is 85.5 cm³/mol. The number of morpholine rings is 1. The number of pyridine rings is 1. The van der Waals surface area contributed by atoms with Crippen molar-refractivity contribution in [1.29, 1.82) is 0 Å². The summed E-state index contributed by atoms with van der Waals surface area (Å²) in [6.07, 6.45) is 3.63. The summed E-state index contributed by atoms with van der Waals surface area (Å²) >= 11 is 0. The average Bonchev–Trinajstić information content (AvgIpc) is 2.56. The Morgan fingerprint density at radius 2 is 2.10 bits per heavy atom. The lowest BCUT2D eigenvalue weighted by Crippen LogP contribution is -2.36. The minimum absolute atomic E-state index is 0.713. The summed E-state index contributed by atoms with van der Waals surface area (Å²) in [5.74, 6) is 0. The summed E-state index contributed by atoms with van der Waals surface area (Å²) in [4.78, 5) is 6.43. The number of ether oxygens (including phenoxy) is 1. The summed E-state index contributed by atoms with van der Waals surface area (Å²) in [6, 6.07) is 10.1.